The first-order valence-corrected chi connectivity index (χ1v) is 6.13. The Bertz CT molecular complexity index is 644. The number of nitrogens with zero attached hydrogens (tertiary/aromatic N) is 2. The Morgan fingerprint density at radius 1 is 1.42 bits per heavy atom. The molecular weight excluding hydrogens is 293 g/mol. The van der Waals surface area contributed by atoms with E-state index >= 15 is 0 Å². The van der Waals surface area contributed by atoms with E-state index in [1.54, 1.807) is 12.1 Å². The van der Waals surface area contributed by atoms with Crippen molar-refractivity contribution in [3.05, 3.63) is 27.7 Å². The quantitative estimate of drug-likeness (QED) is 0.836. The number of carboxylic acids is 1. The molecule has 1 atom stereocenters. The van der Waals surface area contributed by atoms with Crippen LogP contribution in [0.5, 0.6) is 0 Å². The zero-order chi connectivity index (χ0) is 13.7. The number of carbonyl (C=O) groups is 2. The summed E-state index contributed by atoms with van der Waals surface area (Å²) in [6.45, 7) is 0. The minimum atomic E-state index is -1.14. The summed E-state index contributed by atoms with van der Waals surface area (Å²) in [4.78, 5) is 22.8. The van der Waals surface area contributed by atoms with Crippen molar-refractivity contribution in [2.24, 2.45) is 5.10 Å². The molecule has 2 N–H and O–H groups in total. The van der Waals surface area contributed by atoms with Crippen molar-refractivity contribution < 1.29 is 14.7 Å². The predicted molar refractivity (Wildman–Crippen MR) is 69.7 cm³/mol. The zero-order valence-corrected chi connectivity index (χ0v) is 10.9. The Balaban J connectivity index is 2.08. The molecule has 0 bridgehead atoms. The molecule has 2 aliphatic rings. The first kappa shape index (κ1) is 12.3. The van der Waals surface area contributed by atoms with E-state index in [0.717, 1.165) is 5.01 Å². The summed E-state index contributed by atoms with van der Waals surface area (Å²) in [5, 5.41) is 17.2. The number of carboxylic acid groups (broad SMARTS) is 1. The highest BCUT2D eigenvalue weighted by Gasteiger charge is 2.40. The van der Waals surface area contributed by atoms with Gasteiger partial charge in [0, 0.05) is 17.7 Å². The predicted octanol–water partition coefficient (Wildman–Crippen LogP) is 2.73. The van der Waals surface area contributed by atoms with Gasteiger partial charge in [-0.15, -0.1) is 0 Å². The van der Waals surface area contributed by atoms with E-state index in [9.17, 15) is 9.59 Å². The molecule has 1 unspecified atom stereocenters. The second kappa shape index (κ2) is 4.11. The third kappa shape index (κ3) is 1.84. The second-order valence-corrected chi connectivity index (χ2v) is 5.01. The Labute approximate surface area is 117 Å². The van der Waals surface area contributed by atoms with Crippen LogP contribution in [0.4, 0.5) is 10.5 Å². The third-order valence-corrected chi connectivity index (χ3v) is 3.78. The minimum Gasteiger partial charge on any atom is -0.477 e. The zero-order valence-electron chi connectivity index (χ0n) is 9.35. The van der Waals surface area contributed by atoms with Gasteiger partial charge in [0.1, 0.15) is 5.71 Å². The topological polar surface area (TPSA) is 82.0 Å². The second-order valence-electron chi connectivity index (χ2n) is 4.20. The number of hydrazone groups is 1. The van der Waals surface area contributed by atoms with Gasteiger partial charge in [0.2, 0.25) is 0 Å². The largest absolute Gasteiger partial charge is 0.477 e. The first-order valence-electron chi connectivity index (χ1n) is 5.37. The SMILES string of the molecule is O=C(O)C1=NN2C(=O)Nc3cc(Cl)c(Cl)cc3C2C1. The van der Waals surface area contributed by atoms with Gasteiger partial charge < -0.3 is 10.4 Å². The fourth-order valence-electron chi connectivity index (χ4n) is 2.19. The lowest BCUT2D eigenvalue weighted by Gasteiger charge is -2.29. The molecule has 98 valence electrons. The maximum absolute atomic E-state index is 11.8. The number of benzene rings is 1. The molecule has 0 aromatic heterocycles. The van der Waals surface area contributed by atoms with Gasteiger partial charge in [0.05, 0.1) is 16.1 Å². The number of fused-ring (bicyclic) bond motifs is 3. The lowest BCUT2D eigenvalue weighted by atomic mass is 9.98. The molecule has 6 nitrogen and oxygen atoms in total. The summed E-state index contributed by atoms with van der Waals surface area (Å²) in [5.41, 5.74) is 1.18. The highest BCUT2D eigenvalue weighted by atomic mass is 35.5. The van der Waals surface area contributed by atoms with Gasteiger partial charge in [-0.05, 0) is 12.1 Å². The highest BCUT2D eigenvalue weighted by Crippen LogP contribution is 2.42. The van der Waals surface area contributed by atoms with E-state index in [1.165, 1.54) is 0 Å². The highest BCUT2D eigenvalue weighted by molar-refractivity contribution is 6.42. The molecule has 1 aromatic rings. The molecule has 0 saturated carbocycles. The number of urea groups is 1. The number of hydrogen-bond acceptors (Lipinski definition) is 3. The fourth-order valence-corrected chi connectivity index (χ4v) is 2.52. The molecule has 2 aliphatic heterocycles. The maximum atomic E-state index is 11.8. The first-order chi connectivity index (χ1) is 8.97. The average molecular weight is 300 g/mol. The molecule has 2 heterocycles. The summed E-state index contributed by atoms with van der Waals surface area (Å²) in [6, 6.07) is 2.24. The summed E-state index contributed by atoms with van der Waals surface area (Å²) in [6.07, 6.45) is 0.147. The summed E-state index contributed by atoms with van der Waals surface area (Å²) < 4.78 is 0. The van der Waals surface area contributed by atoms with Crippen LogP contribution in [0.15, 0.2) is 17.2 Å². The number of halogens is 2. The lowest BCUT2D eigenvalue weighted by molar-refractivity contribution is -0.129. The van der Waals surface area contributed by atoms with Crippen molar-refractivity contribution in [3.63, 3.8) is 0 Å². The van der Waals surface area contributed by atoms with Gasteiger partial charge in [0.15, 0.2) is 0 Å². The number of aliphatic carboxylic acids is 1. The number of hydrogen-bond donors (Lipinski definition) is 2. The van der Waals surface area contributed by atoms with Crippen LogP contribution in [0.25, 0.3) is 0 Å². The minimum absolute atomic E-state index is 0.0564. The maximum Gasteiger partial charge on any atom is 0.352 e. The van der Waals surface area contributed by atoms with E-state index in [4.69, 9.17) is 28.3 Å². The number of rotatable bonds is 1. The summed E-state index contributed by atoms with van der Waals surface area (Å²) in [7, 11) is 0. The van der Waals surface area contributed by atoms with Crippen molar-refractivity contribution in [2.45, 2.75) is 12.5 Å². The monoisotopic (exact) mass is 299 g/mol. The number of carbonyl (C=O) groups excluding carboxylic acids is 1. The van der Waals surface area contributed by atoms with Gasteiger partial charge >= 0.3 is 12.0 Å². The summed E-state index contributed by atoms with van der Waals surface area (Å²) >= 11 is 11.9. The van der Waals surface area contributed by atoms with Gasteiger partial charge in [0.25, 0.3) is 0 Å². The molecule has 0 fully saturated rings. The molecule has 0 aliphatic carbocycles. The van der Waals surface area contributed by atoms with E-state index in [1.807, 2.05) is 0 Å². The Morgan fingerprint density at radius 2 is 2.11 bits per heavy atom. The molecular formula is C11H7Cl2N3O3. The Hall–Kier alpha value is -1.79. The van der Waals surface area contributed by atoms with Crippen LogP contribution in [-0.2, 0) is 4.79 Å². The number of amides is 2. The Kier molecular flexibility index (Phi) is 2.65. The Morgan fingerprint density at radius 3 is 2.79 bits per heavy atom. The molecule has 3 rings (SSSR count). The van der Waals surface area contributed by atoms with Crippen LogP contribution in [0, 0.1) is 0 Å². The summed E-state index contributed by atoms with van der Waals surface area (Å²) in [5.74, 6) is -1.14. The van der Waals surface area contributed by atoms with Crippen molar-refractivity contribution in [1.82, 2.24) is 5.01 Å². The fraction of sp³-hybridized carbons (Fsp3) is 0.182. The number of anilines is 1. The van der Waals surface area contributed by atoms with Gasteiger partial charge in [-0.25, -0.2) is 14.6 Å². The molecule has 0 saturated heterocycles. The van der Waals surface area contributed by atoms with E-state index < -0.39 is 18.0 Å². The normalized spacial score (nSPS) is 20.5. The molecule has 8 heteroatoms. The van der Waals surface area contributed by atoms with E-state index in [-0.39, 0.29) is 12.1 Å². The van der Waals surface area contributed by atoms with E-state index in [2.05, 4.69) is 10.4 Å². The van der Waals surface area contributed by atoms with Gasteiger partial charge in [-0.3, -0.25) is 0 Å². The van der Waals surface area contributed by atoms with Crippen LogP contribution >= 0.6 is 23.2 Å². The molecule has 0 radical (unpaired) electrons. The molecule has 2 amide bonds. The third-order valence-electron chi connectivity index (χ3n) is 3.06. The van der Waals surface area contributed by atoms with Crippen LogP contribution in [0.3, 0.4) is 0 Å². The van der Waals surface area contributed by atoms with Crippen LogP contribution < -0.4 is 5.32 Å². The molecule has 1 aromatic carbocycles. The van der Waals surface area contributed by atoms with Crippen LogP contribution in [0.1, 0.15) is 18.0 Å². The average Bonchev–Trinajstić information content (AvgIpc) is 2.78. The van der Waals surface area contributed by atoms with Crippen molar-refractivity contribution in [3.8, 4) is 0 Å². The number of nitrogens with one attached hydrogen (secondary N) is 1. The molecule has 19 heavy (non-hydrogen) atoms. The van der Waals surface area contributed by atoms with Crippen molar-refractivity contribution >= 4 is 46.6 Å². The standard InChI is InChI=1S/C11H7Cl2N3O3/c12-5-1-4-7(2-6(5)13)14-11(19)16-9(4)3-8(15-16)10(17)18/h1-2,9H,3H2,(H,14,19)(H,17,18). The van der Waals surface area contributed by atoms with Gasteiger partial charge in [-0.2, -0.15) is 5.10 Å². The lowest BCUT2D eigenvalue weighted by Crippen LogP contribution is -2.36. The van der Waals surface area contributed by atoms with E-state index in [0.29, 0.717) is 21.3 Å². The smallest absolute Gasteiger partial charge is 0.352 e. The molecule has 0 spiro atoms. The van der Waals surface area contributed by atoms with Crippen molar-refractivity contribution in [2.75, 3.05) is 5.32 Å². The van der Waals surface area contributed by atoms with Crippen LogP contribution in [0.2, 0.25) is 10.0 Å². The van der Waals surface area contributed by atoms with Crippen molar-refractivity contribution in [1.29, 1.82) is 0 Å². The van der Waals surface area contributed by atoms with Gasteiger partial charge in [-0.1, -0.05) is 23.2 Å². The van der Waals surface area contributed by atoms with Crippen LogP contribution in [-0.4, -0.2) is 27.8 Å².